The van der Waals surface area contributed by atoms with Gasteiger partial charge in [-0.25, -0.2) is 9.78 Å². The first-order valence-corrected chi connectivity index (χ1v) is 7.84. The molecule has 0 aliphatic heterocycles. The highest BCUT2D eigenvalue weighted by Gasteiger charge is 2.08. The number of carbonyl (C=O) groups is 1. The molecule has 1 heterocycles. The highest BCUT2D eigenvalue weighted by molar-refractivity contribution is 5.84. The topological polar surface area (TPSA) is 82.8 Å². The molecule has 3 rings (SSSR count). The minimum Gasteiger partial charge on any atom is -0.497 e. The summed E-state index contributed by atoms with van der Waals surface area (Å²) < 4.78 is 20.8. The van der Waals surface area contributed by atoms with Crippen molar-refractivity contribution < 1.29 is 23.4 Å². The number of anilines is 1. The van der Waals surface area contributed by atoms with Gasteiger partial charge in [0.15, 0.2) is 0 Å². The van der Waals surface area contributed by atoms with Gasteiger partial charge in [0.25, 0.3) is 0 Å². The molecule has 26 heavy (non-hydrogen) atoms. The molecule has 0 unspecified atom stereocenters. The van der Waals surface area contributed by atoms with E-state index in [0.29, 0.717) is 23.0 Å². The Morgan fingerprint density at radius 3 is 2.38 bits per heavy atom. The van der Waals surface area contributed by atoms with Crippen molar-refractivity contribution in [3.63, 3.8) is 0 Å². The molecular formula is C19H18N2O5. The number of nitrogens with zero attached hydrogens (tertiary/aromatic N) is 1. The minimum atomic E-state index is -0.521. The van der Waals surface area contributed by atoms with Crippen molar-refractivity contribution in [1.29, 1.82) is 0 Å². The Morgan fingerprint density at radius 2 is 1.73 bits per heavy atom. The molecule has 0 atom stereocenters. The number of benzene rings is 2. The summed E-state index contributed by atoms with van der Waals surface area (Å²) in [4.78, 5) is 15.6. The molecule has 0 bridgehead atoms. The van der Waals surface area contributed by atoms with Crippen LogP contribution in [-0.2, 0) is 11.3 Å². The number of nitrogens with one attached hydrogen (secondary N) is 1. The molecule has 0 radical (unpaired) electrons. The van der Waals surface area contributed by atoms with Crippen LogP contribution in [0.1, 0.15) is 5.69 Å². The maximum Gasteiger partial charge on any atom is 0.411 e. The van der Waals surface area contributed by atoms with Crippen molar-refractivity contribution in [3.05, 3.63) is 60.5 Å². The lowest BCUT2D eigenvalue weighted by Gasteiger charge is -2.06. The summed E-state index contributed by atoms with van der Waals surface area (Å²) in [5, 5.41) is 2.57. The number of aromatic nitrogens is 1. The average molecular weight is 354 g/mol. The predicted molar refractivity (Wildman–Crippen MR) is 95.3 cm³/mol. The minimum absolute atomic E-state index is 0.267. The van der Waals surface area contributed by atoms with Crippen LogP contribution >= 0.6 is 0 Å². The molecule has 7 heteroatoms. The summed E-state index contributed by atoms with van der Waals surface area (Å²) in [5.41, 5.74) is 2.15. The lowest BCUT2D eigenvalue weighted by atomic mass is 10.2. The monoisotopic (exact) mass is 354 g/mol. The van der Waals surface area contributed by atoms with Gasteiger partial charge in [0, 0.05) is 11.3 Å². The van der Waals surface area contributed by atoms with E-state index in [0.717, 1.165) is 11.3 Å². The number of carbonyl (C=O) groups excluding carboxylic acids is 1. The van der Waals surface area contributed by atoms with E-state index in [2.05, 4.69) is 15.0 Å². The van der Waals surface area contributed by atoms with E-state index in [4.69, 9.17) is 13.9 Å². The molecule has 1 aromatic heterocycles. The zero-order valence-corrected chi connectivity index (χ0v) is 14.4. The third kappa shape index (κ3) is 4.32. The second-order valence-corrected chi connectivity index (χ2v) is 5.30. The van der Waals surface area contributed by atoms with Crippen LogP contribution in [0.3, 0.4) is 0 Å². The maximum atomic E-state index is 11.1. The van der Waals surface area contributed by atoms with E-state index in [-0.39, 0.29) is 6.61 Å². The Labute approximate surface area is 150 Å². The Bertz CT molecular complexity index is 856. The zero-order valence-electron chi connectivity index (χ0n) is 14.4. The van der Waals surface area contributed by atoms with Crippen LogP contribution in [0.15, 0.2) is 59.2 Å². The van der Waals surface area contributed by atoms with Crippen molar-refractivity contribution in [2.75, 3.05) is 19.5 Å². The van der Waals surface area contributed by atoms with E-state index in [1.807, 2.05) is 24.3 Å². The van der Waals surface area contributed by atoms with Crippen LogP contribution in [0.2, 0.25) is 0 Å². The van der Waals surface area contributed by atoms with Crippen LogP contribution in [0.25, 0.3) is 11.5 Å². The van der Waals surface area contributed by atoms with Gasteiger partial charge in [0.1, 0.15) is 30.1 Å². The molecule has 0 saturated carbocycles. The quantitative estimate of drug-likeness (QED) is 0.717. The fourth-order valence-electron chi connectivity index (χ4n) is 2.20. The van der Waals surface area contributed by atoms with Crippen LogP contribution in [0.5, 0.6) is 11.5 Å². The number of amides is 1. The Balaban J connectivity index is 1.58. The summed E-state index contributed by atoms with van der Waals surface area (Å²) in [6, 6.07) is 14.4. The number of rotatable bonds is 6. The van der Waals surface area contributed by atoms with E-state index in [1.54, 1.807) is 37.6 Å². The van der Waals surface area contributed by atoms with E-state index in [1.165, 1.54) is 7.11 Å². The Morgan fingerprint density at radius 1 is 1.04 bits per heavy atom. The molecule has 0 saturated heterocycles. The van der Waals surface area contributed by atoms with Crippen LogP contribution in [0.4, 0.5) is 10.5 Å². The lowest BCUT2D eigenvalue weighted by Crippen LogP contribution is -2.10. The predicted octanol–water partition coefficient (Wildman–Crippen LogP) is 4.11. The molecule has 1 amide bonds. The van der Waals surface area contributed by atoms with E-state index >= 15 is 0 Å². The highest BCUT2D eigenvalue weighted by atomic mass is 16.5. The first kappa shape index (κ1) is 17.3. The summed E-state index contributed by atoms with van der Waals surface area (Å²) in [6.45, 7) is 0.267. The van der Waals surface area contributed by atoms with Gasteiger partial charge in [-0.2, -0.15) is 0 Å². The molecule has 3 aromatic rings. The average Bonchev–Trinajstić information content (AvgIpc) is 3.16. The first-order chi connectivity index (χ1) is 12.7. The molecular weight excluding hydrogens is 336 g/mol. The molecule has 1 N–H and O–H groups in total. The van der Waals surface area contributed by atoms with Gasteiger partial charge in [-0.05, 0) is 48.5 Å². The summed E-state index contributed by atoms with van der Waals surface area (Å²) in [6.07, 6.45) is 1.04. The number of methoxy groups -OCH3 is 2. The number of oxazole rings is 1. The molecule has 2 aromatic carbocycles. The number of hydrogen-bond donors (Lipinski definition) is 1. The number of ether oxygens (including phenoxy) is 3. The van der Waals surface area contributed by atoms with Crippen molar-refractivity contribution in [1.82, 2.24) is 4.98 Å². The molecule has 7 nitrogen and oxygen atoms in total. The normalized spacial score (nSPS) is 10.2. The van der Waals surface area contributed by atoms with Gasteiger partial charge in [0.05, 0.1) is 14.2 Å². The Kier molecular flexibility index (Phi) is 5.38. The van der Waals surface area contributed by atoms with Gasteiger partial charge in [0.2, 0.25) is 5.89 Å². The standard InChI is InChI=1S/C19H18N2O5/c1-23-16-7-3-13(4-8-16)18-20-15(12-26-18)11-25-17-9-5-14(6-10-17)21-19(22)24-2/h3-10,12H,11H2,1-2H3,(H,21,22). The third-order valence-corrected chi connectivity index (χ3v) is 3.56. The van der Waals surface area contributed by atoms with Gasteiger partial charge in [-0.1, -0.05) is 0 Å². The molecule has 0 aliphatic carbocycles. The van der Waals surface area contributed by atoms with Crippen LogP contribution in [-0.4, -0.2) is 25.3 Å². The second kappa shape index (κ2) is 8.06. The summed E-state index contributed by atoms with van der Waals surface area (Å²) in [7, 11) is 2.93. The highest BCUT2D eigenvalue weighted by Crippen LogP contribution is 2.22. The van der Waals surface area contributed by atoms with E-state index < -0.39 is 6.09 Å². The third-order valence-electron chi connectivity index (χ3n) is 3.56. The van der Waals surface area contributed by atoms with Gasteiger partial charge >= 0.3 is 6.09 Å². The smallest absolute Gasteiger partial charge is 0.411 e. The Hall–Kier alpha value is -3.48. The molecule has 0 aliphatic rings. The van der Waals surface area contributed by atoms with Crippen molar-refractivity contribution in [2.24, 2.45) is 0 Å². The largest absolute Gasteiger partial charge is 0.497 e. The van der Waals surface area contributed by atoms with Crippen molar-refractivity contribution >= 4 is 11.8 Å². The molecule has 134 valence electrons. The van der Waals surface area contributed by atoms with Crippen molar-refractivity contribution in [2.45, 2.75) is 6.61 Å². The second-order valence-electron chi connectivity index (χ2n) is 5.30. The fraction of sp³-hybridized carbons (Fsp3) is 0.158. The lowest BCUT2D eigenvalue weighted by molar-refractivity contribution is 0.187. The van der Waals surface area contributed by atoms with Gasteiger partial charge < -0.3 is 18.6 Å². The van der Waals surface area contributed by atoms with Crippen LogP contribution < -0.4 is 14.8 Å². The maximum absolute atomic E-state index is 11.1. The van der Waals surface area contributed by atoms with Crippen LogP contribution in [0, 0.1) is 0 Å². The van der Waals surface area contributed by atoms with E-state index in [9.17, 15) is 4.79 Å². The molecule has 0 fully saturated rings. The summed E-state index contributed by atoms with van der Waals surface area (Å²) in [5.74, 6) is 1.94. The fourth-order valence-corrected chi connectivity index (χ4v) is 2.20. The molecule has 0 spiro atoms. The summed E-state index contributed by atoms with van der Waals surface area (Å²) >= 11 is 0. The van der Waals surface area contributed by atoms with Crippen molar-refractivity contribution in [3.8, 4) is 23.0 Å². The van der Waals surface area contributed by atoms with Gasteiger partial charge in [-0.3, -0.25) is 5.32 Å². The first-order valence-electron chi connectivity index (χ1n) is 7.84. The van der Waals surface area contributed by atoms with Gasteiger partial charge in [-0.15, -0.1) is 0 Å². The number of hydrogen-bond acceptors (Lipinski definition) is 6. The SMILES string of the molecule is COC(=O)Nc1ccc(OCc2coc(-c3ccc(OC)cc3)n2)cc1. The zero-order chi connectivity index (χ0) is 18.4.